The number of morpholine rings is 1. The Morgan fingerprint density at radius 2 is 2.04 bits per heavy atom. The summed E-state index contributed by atoms with van der Waals surface area (Å²) >= 11 is 1.44. The van der Waals surface area contributed by atoms with Crippen LogP contribution in [0, 0.1) is 0 Å². The van der Waals surface area contributed by atoms with Crippen LogP contribution in [0.1, 0.15) is 34.5 Å². The van der Waals surface area contributed by atoms with E-state index in [1.54, 1.807) is 6.20 Å². The predicted molar refractivity (Wildman–Crippen MR) is 102 cm³/mol. The first-order valence-corrected chi connectivity index (χ1v) is 9.71. The molecule has 1 aliphatic rings. The molecule has 0 unspecified atom stereocenters. The highest BCUT2D eigenvalue weighted by Gasteiger charge is 2.12. The molecular weight excluding hydrogens is 350 g/mol. The number of amides is 1. The highest BCUT2D eigenvalue weighted by Crippen LogP contribution is 2.14. The van der Waals surface area contributed by atoms with E-state index in [-0.39, 0.29) is 11.7 Å². The summed E-state index contributed by atoms with van der Waals surface area (Å²) in [5.74, 6) is 1.01. The van der Waals surface area contributed by atoms with Crippen molar-refractivity contribution >= 4 is 28.8 Å². The van der Waals surface area contributed by atoms with Crippen LogP contribution in [0.15, 0.2) is 35.8 Å². The summed E-state index contributed by atoms with van der Waals surface area (Å²) < 4.78 is 5.34. The number of Topliss-reactive ketones (excluding diaryl/α,β-unsaturated/α-hetero) is 1. The number of ether oxygens (including phenoxy) is 1. The fraction of sp³-hybridized carbons (Fsp3) is 0.421. The third kappa shape index (κ3) is 5.37. The number of hydrogen-bond donors (Lipinski definition) is 1. The Hall–Kier alpha value is -2.25. The SMILES string of the molecule is O=C(CCCC(=O)c1cccs1)NCc1ccc(N2CCOCC2)nc1. The van der Waals surface area contributed by atoms with Crippen LogP contribution in [0.2, 0.25) is 0 Å². The molecule has 2 aromatic heterocycles. The van der Waals surface area contributed by atoms with Gasteiger partial charge in [0.1, 0.15) is 5.82 Å². The van der Waals surface area contributed by atoms with E-state index in [1.165, 1.54) is 11.3 Å². The molecule has 0 saturated carbocycles. The number of rotatable bonds is 8. The highest BCUT2D eigenvalue weighted by molar-refractivity contribution is 7.12. The maximum Gasteiger partial charge on any atom is 0.220 e. The van der Waals surface area contributed by atoms with Gasteiger partial charge in [-0.2, -0.15) is 0 Å². The zero-order chi connectivity index (χ0) is 18.2. The van der Waals surface area contributed by atoms with Crippen LogP contribution in [-0.4, -0.2) is 43.0 Å². The van der Waals surface area contributed by atoms with Gasteiger partial charge in [-0.1, -0.05) is 12.1 Å². The number of pyridine rings is 1. The number of anilines is 1. The van der Waals surface area contributed by atoms with E-state index >= 15 is 0 Å². The van der Waals surface area contributed by atoms with Crippen LogP contribution >= 0.6 is 11.3 Å². The van der Waals surface area contributed by atoms with E-state index < -0.39 is 0 Å². The number of carbonyl (C=O) groups excluding carboxylic acids is 2. The molecule has 138 valence electrons. The van der Waals surface area contributed by atoms with Crippen LogP contribution in [-0.2, 0) is 16.1 Å². The number of ketones is 1. The molecule has 0 spiro atoms. The first-order chi connectivity index (χ1) is 12.7. The van der Waals surface area contributed by atoms with Gasteiger partial charge in [-0.05, 0) is 29.5 Å². The monoisotopic (exact) mass is 373 g/mol. The lowest BCUT2D eigenvalue weighted by atomic mass is 10.1. The van der Waals surface area contributed by atoms with Crippen molar-refractivity contribution in [2.24, 2.45) is 0 Å². The van der Waals surface area contributed by atoms with E-state index in [2.05, 4.69) is 15.2 Å². The molecule has 7 heteroatoms. The third-order valence-corrected chi connectivity index (χ3v) is 5.15. The van der Waals surface area contributed by atoms with Crippen molar-refractivity contribution in [1.82, 2.24) is 10.3 Å². The maximum absolute atomic E-state index is 11.9. The molecule has 0 radical (unpaired) electrons. The number of thiophene rings is 1. The summed E-state index contributed by atoms with van der Waals surface area (Å²) in [5, 5.41) is 4.77. The van der Waals surface area contributed by atoms with Crippen molar-refractivity contribution < 1.29 is 14.3 Å². The maximum atomic E-state index is 11.9. The van der Waals surface area contributed by atoms with Gasteiger partial charge in [0.25, 0.3) is 0 Å². The van der Waals surface area contributed by atoms with Crippen molar-refractivity contribution in [2.75, 3.05) is 31.2 Å². The Labute approximate surface area is 157 Å². The van der Waals surface area contributed by atoms with Crippen molar-refractivity contribution in [1.29, 1.82) is 0 Å². The van der Waals surface area contributed by atoms with Crippen molar-refractivity contribution in [3.8, 4) is 0 Å². The first-order valence-electron chi connectivity index (χ1n) is 8.83. The van der Waals surface area contributed by atoms with Gasteiger partial charge in [0.05, 0.1) is 18.1 Å². The molecule has 1 saturated heterocycles. The largest absolute Gasteiger partial charge is 0.378 e. The van der Waals surface area contributed by atoms with Crippen LogP contribution in [0.3, 0.4) is 0 Å². The fourth-order valence-corrected chi connectivity index (χ4v) is 3.45. The number of aromatic nitrogens is 1. The predicted octanol–water partition coefficient (Wildman–Crippen LogP) is 2.65. The molecule has 2 aromatic rings. The molecule has 0 aromatic carbocycles. The van der Waals surface area contributed by atoms with Gasteiger partial charge in [0.15, 0.2) is 5.78 Å². The third-order valence-electron chi connectivity index (χ3n) is 4.24. The van der Waals surface area contributed by atoms with Crippen molar-refractivity contribution in [2.45, 2.75) is 25.8 Å². The average Bonchev–Trinajstić information content (AvgIpc) is 3.22. The van der Waals surface area contributed by atoms with Crippen LogP contribution < -0.4 is 10.2 Å². The molecule has 1 N–H and O–H groups in total. The number of nitrogens with one attached hydrogen (secondary N) is 1. The van der Waals surface area contributed by atoms with E-state index in [1.807, 2.05) is 29.6 Å². The summed E-state index contributed by atoms with van der Waals surface area (Å²) in [6, 6.07) is 7.65. The molecule has 26 heavy (non-hydrogen) atoms. The van der Waals surface area contributed by atoms with Gasteiger partial charge in [-0.3, -0.25) is 9.59 Å². The average molecular weight is 373 g/mol. The molecular formula is C19H23N3O3S. The summed E-state index contributed by atoms with van der Waals surface area (Å²) in [4.78, 5) is 31.2. The Bertz CT molecular complexity index is 710. The molecule has 1 fully saturated rings. The molecule has 0 aliphatic carbocycles. The molecule has 0 bridgehead atoms. The van der Waals surface area contributed by atoms with Gasteiger partial charge in [-0.15, -0.1) is 11.3 Å². The van der Waals surface area contributed by atoms with Crippen LogP contribution in [0.4, 0.5) is 5.82 Å². The topological polar surface area (TPSA) is 71.5 Å². The summed E-state index contributed by atoms with van der Waals surface area (Å²) in [6.07, 6.45) is 3.13. The normalized spacial score (nSPS) is 14.2. The van der Waals surface area contributed by atoms with Crippen LogP contribution in [0.25, 0.3) is 0 Å². The lowest BCUT2D eigenvalue weighted by Crippen LogP contribution is -2.36. The molecule has 3 heterocycles. The minimum Gasteiger partial charge on any atom is -0.378 e. The lowest BCUT2D eigenvalue weighted by molar-refractivity contribution is -0.121. The summed E-state index contributed by atoms with van der Waals surface area (Å²) in [7, 11) is 0. The molecule has 1 aliphatic heterocycles. The Morgan fingerprint density at radius 1 is 1.19 bits per heavy atom. The second-order valence-corrected chi connectivity index (χ2v) is 7.10. The summed E-state index contributed by atoms with van der Waals surface area (Å²) in [5.41, 5.74) is 0.963. The smallest absolute Gasteiger partial charge is 0.220 e. The minimum atomic E-state index is -0.0405. The highest BCUT2D eigenvalue weighted by atomic mass is 32.1. The van der Waals surface area contributed by atoms with E-state index in [9.17, 15) is 9.59 Å². The van der Waals surface area contributed by atoms with E-state index in [0.29, 0.717) is 25.8 Å². The van der Waals surface area contributed by atoms with Gasteiger partial charge < -0.3 is 15.0 Å². The summed E-state index contributed by atoms with van der Waals surface area (Å²) in [6.45, 7) is 3.62. The number of hydrogen-bond acceptors (Lipinski definition) is 6. The van der Waals surface area contributed by atoms with Gasteiger partial charge in [0, 0.05) is 38.7 Å². The number of nitrogens with zero attached hydrogens (tertiary/aromatic N) is 2. The minimum absolute atomic E-state index is 0.0405. The number of carbonyl (C=O) groups is 2. The van der Waals surface area contributed by atoms with Gasteiger partial charge in [-0.25, -0.2) is 4.98 Å². The molecule has 6 nitrogen and oxygen atoms in total. The second-order valence-electron chi connectivity index (χ2n) is 6.15. The molecule has 0 atom stereocenters. The Kier molecular flexibility index (Phi) is 6.74. The van der Waals surface area contributed by atoms with Crippen molar-refractivity contribution in [3.05, 3.63) is 46.3 Å². The molecule has 1 amide bonds. The standard InChI is InChI=1S/C19H23N3O3S/c23-16(17-4-2-12-26-17)3-1-5-19(24)21-14-15-6-7-18(20-13-15)22-8-10-25-11-9-22/h2,4,6-7,12-13H,1,3,5,8-11,14H2,(H,21,24). The van der Waals surface area contributed by atoms with Gasteiger partial charge in [0.2, 0.25) is 5.91 Å². The first kappa shape index (κ1) is 18.5. The zero-order valence-electron chi connectivity index (χ0n) is 14.6. The zero-order valence-corrected chi connectivity index (χ0v) is 15.5. The van der Waals surface area contributed by atoms with E-state index in [4.69, 9.17) is 4.74 Å². The lowest BCUT2D eigenvalue weighted by Gasteiger charge is -2.27. The Morgan fingerprint density at radius 3 is 2.73 bits per heavy atom. The quantitative estimate of drug-likeness (QED) is 0.720. The Balaban J connectivity index is 1.36. The second kappa shape index (κ2) is 9.45. The molecule has 3 rings (SSSR count). The van der Waals surface area contributed by atoms with E-state index in [0.717, 1.165) is 42.6 Å². The van der Waals surface area contributed by atoms with Crippen molar-refractivity contribution in [3.63, 3.8) is 0 Å². The van der Waals surface area contributed by atoms with Crippen LogP contribution in [0.5, 0.6) is 0 Å². The van der Waals surface area contributed by atoms with Gasteiger partial charge >= 0.3 is 0 Å². The fourth-order valence-electron chi connectivity index (χ4n) is 2.76.